The van der Waals surface area contributed by atoms with E-state index in [1.54, 1.807) is 11.3 Å². The zero-order valence-corrected chi connectivity index (χ0v) is 10.8. The summed E-state index contributed by atoms with van der Waals surface area (Å²) in [6.07, 6.45) is 1.85. The predicted octanol–water partition coefficient (Wildman–Crippen LogP) is 4.37. The van der Waals surface area contributed by atoms with Crippen LogP contribution >= 0.6 is 27.3 Å². The average Bonchev–Trinajstić information content (AvgIpc) is 2.82. The normalized spacial score (nSPS) is 11.4. The van der Waals surface area contributed by atoms with Crippen LogP contribution in [0.25, 0.3) is 6.08 Å². The number of Topliss-reactive ketones (excluding diaryl/α,β-unsaturated/α-hetero) is 1. The van der Waals surface area contributed by atoms with Gasteiger partial charge in [0.1, 0.15) is 0 Å². The number of ketones is 1. The molecule has 0 fully saturated rings. The molecule has 0 saturated heterocycles. The van der Waals surface area contributed by atoms with Gasteiger partial charge in [0.15, 0.2) is 5.78 Å². The van der Waals surface area contributed by atoms with Crippen molar-refractivity contribution in [3.8, 4) is 0 Å². The summed E-state index contributed by atoms with van der Waals surface area (Å²) in [6.45, 7) is 0. The highest BCUT2D eigenvalue weighted by Gasteiger charge is 2.08. The fourth-order valence-electron chi connectivity index (χ4n) is 1.29. The van der Waals surface area contributed by atoms with Gasteiger partial charge in [-0.15, -0.1) is 11.3 Å². The number of thiophene rings is 1. The topological polar surface area (TPSA) is 17.1 Å². The van der Waals surface area contributed by atoms with Gasteiger partial charge in [-0.3, -0.25) is 4.79 Å². The number of hydrogen-bond acceptors (Lipinski definition) is 2. The standard InChI is InChI=1S/C13H9BrOS/c14-12(9-11-7-4-8-16-11)13(15)10-5-2-1-3-6-10/h1-9H. The Kier molecular flexibility index (Phi) is 3.70. The van der Waals surface area contributed by atoms with Gasteiger partial charge < -0.3 is 0 Å². The Hall–Kier alpha value is -1.19. The Bertz CT molecular complexity index is 500. The summed E-state index contributed by atoms with van der Waals surface area (Å²) in [5.74, 6) is 0.00833. The van der Waals surface area contributed by atoms with Crippen molar-refractivity contribution in [2.75, 3.05) is 0 Å². The van der Waals surface area contributed by atoms with E-state index in [9.17, 15) is 4.79 Å². The highest BCUT2D eigenvalue weighted by atomic mass is 79.9. The van der Waals surface area contributed by atoms with Crippen LogP contribution in [-0.2, 0) is 0 Å². The summed E-state index contributed by atoms with van der Waals surface area (Å²) >= 11 is 4.92. The molecule has 0 spiro atoms. The lowest BCUT2D eigenvalue weighted by Crippen LogP contribution is -1.97. The third-order valence-corrected chi connectivity index (χ3v) is 3.47. The molecule has 0 amide bonds. The number of carbonyl (C=O) groups excluding carboxylic acids is 1. The zero-order chi connectivity index (χ0) is 11.4. The fraction of sp³-hybridized carbons (Fsp3) is 0. The first kappa shape index (κ1) is 11.3. The molecular formula is C13H9BrOS. The van der Waals surface area contributed by atoms with Gasteiger partial charge in [-0.2, -0.15) is 0 Å². The minimum Gasteiger partial charge on any atom is -0.288 e. The number of allylic oxidation sites excluding steroid dienone is 1. The molecule has 0 aliphatic rings. The first-order valence-electron chi connectivity index (χ1n) is 4.78. The third kappa shape index (κ3) is 2.68. The summed E-state index contributed by atoms with van der Waals surface area (Å²) in [4.78, 5) is 13.0. The summed E-state index contributed by atoms with van der Waals surface area (Å²) in [5.41, 5.74) is 0.696. The van der Waals surface area contributed by atoms with Crippen LogP contribution in [0.4, 0.5) is 0 Å². The van der Waals surface area contributed by atoms with Crippen molar-refractivity contribution in [3.05, 3.63) is 62.8 Å². The van der Waals surface area contributed by atoms with E-state index in [0.717, 1.165) is 4.88 Å². The Morgan fingerprint density at radius 3 is 2.50 bits per heavy atom. The lowest BCUT2D eigenvalue weighted by atomic mass is 10.1. The second-order valence-corrected chi connectivity index (χ2v) is 5.04. The molecule has 1 heterocycles. The summed E-state index contributed by atoms with van der Waals surface area (Å²) in [6, 6.07) is 13.2. The molecule has 3 heteroatoms. The van der Waals surface area contributed by atoms with Crippen LogP contribution in [0.3, 0.4) is 0 Å². The summed E-state index contributed by atoms with van der Waals surface area (Å²) in [5, 5.41) is 1.99. The molecule has 0 saturated carbocycles. The Morgan fingerprint density at radius 1 is 1.12 bits per heavy atom. The molecule has 16 heavy (non-hydrogen) atoms. The molecule has 0 aliphatic heterocycles. The molecule has 0 N–H and O–H groups in total. The van der Waals surface area contributed by atoms with E-state index in [2.05, 4.69) is 15.9 Å². The summed E-state index contributed by atoms with van der Waals surface area (Å²) in [7, 11) is 0. The first-order chi connectivity index (χ1) is 7.77. The minimum atomic E-state index is 0.00833. The molecule has 0 radical (unpaired) electrons. The van der Waals surface area contributed by atoms with Gasteiger partial charge in [0.2, 0.25) is 0 Å². The molecule has 0 bridgehead atoms. The van der Waals surface area contributed by atoms with Crippen molar-refractivity contribution >= 4 is 39.1 Å². The van der Waals surface area contributed by atoms with E-state index in [1.807, 2.05) is 53.9 Å². The molecule has 0 atom stereocenters. The smallest absolute Gasteiger partial charge is 0.200 e. The molecule has 2 aromatic rings. The van der Waals surface area contributed by atoms with Gasteiger partial charge in [0, 0.05) is 10.4 Å². The van der Waals surface area contributed by atoms with Crippen LogP contribution < -0.4 is 0 Å². The van der Waals surface area contributed by atoms with Crippen LogP contribution in [0.5, 0.6) is 0 Å². The molecule has 1 aromatic carbocycles. The molecule has 1 nitrogen and oxygen atoms in total. The van der Waals surface area contributed by atoms with E-state index in [0.29, 0.717) is 10.0 Å². The average molecular weight is 293 g/mol. The SMILES string of the molecule is O=C(C(Br)=Cc1cccs1)c1ccccc1. The highest BCUT2D eigenvalue weighted by Crippen LogP contribution is 2.20. The lowest BCUT2D eigenvalue weighted by molar-refractivity contribution is 0.104. The lowest BCUT2D eigenvalue weighted by Gasteiger charge is -1.98. The minimum absolute atomic E-state index is 0.00833. The van der Waals surface area contributed by atoms with Gasteiger partial charge in [0.25, 0.3) is 0 Å². The maximum absolute atomic E-state index is 12.0. The monoisotopic (exact) mass is 292 g/mol. The van der Waals surface area contributed by atoms with Crippen LogP contribution in [0.1, 0.15) is 15.2 Å². The number of benzene rings is 1. The van der Waals surface area contributed by atoms with Crippen molar-refractivity contribution in [2.24, 2.45) is 0 Å². The molecular weight excluding hydrogens is 284 g/mol. The van der Waals surface area contributed by atoms with E-state index in [1.165, 1.54) is 0 Å². The van der Waals surface area contributed by atoms with Gasteiger partial charge in [-0.25, -0.2) is 0 Å². The fourth-order valence-corrected chi connectivity index (χ4v) is 2.58. The highest BCUT2D eigenvalue weighted by molar-refractivity contribution is 9.12. The van der Waals surface area contributed by atoms with Crippen molar-refractivity contribution in [1.82, 2.24) is 0 Å². The molecule has 0 aliphatic carbocycles. The summed E-state index contributed by atoms with van der Waals surface area (Å²) < 4.78 is 0.584. The van der Waals surface area contributed by atoms with Gasteiger partial charge >= 0.3 is 0 Å². The van der Waals surface area contributed by atoms with Crippen LogP contribution in [-0.4, -0.2) is 5.78 Å². The number of rotatable bonds is 3. The predicted molar refractivity (Wildman–Crippen MR) is 72.0 cm³/mol. The van der Waals surface area contributed by atoms with Gasteiger partial charge in [-0.05, 0) is 33.5 Å². The van der Waals surface area contributed by atoms with Crippen LogP contribution in [0, 0.1) is 0 Å². The second-order valence-electron chi connectivity index (χ2n) is 3.20. The number of halogens is 1. The van der Waals surface area contributed by atoms with Crippen molar-refractivity contribution < 1.29 is 4.79 Å². The van der Waals surface area contributed by atoms with Crippen LogP contribution in [0.15, 0.2) is 52.3 Å². The maximum Gasteiger partial charge on any atom is 0.200 e. The van der Waals surface area contributed by atoms with E-state index in [-0.39, 0.29) is 5.78 Å². The zero-order valence-electron chi connectivity index (χ0n) is 8.39. The third-order valence-electron chi connectivity index (χ3n) is 2.07. The molecule has 80 valence electrons. The van der Waals surface area contributed by atoms with Gasteiger partial charge in [0.05, 0.1) is 4.48 Å². The van der Waals surface area contributed by atoms with Crippen LogP contribution in [0.2, 0.25) is 0 Å². The van der Waals surface area contributed by atoms with E-state index < -0.39 is 0 Å². The molecule has 1 aromatic heterocycles. The van der Waals surface area contributed by atoms with Crippen molar-refractivity contribution in [3.63, 3.8) is 0 Å². The molecule has 0 unspecified atom stereocenters. The Labute approximate surface area is 107 Å². The van der Waals surface area contributed by atoms with E-state index in [4.69, 9.17) is 0 Å². The maximum atomic E-state index is 12.0. The van der Waals surface area contributed by atoms with Gasteiger partial charge in [-0.1, -0.05) is 36.4 Å². The van der Waals surface area contributed by atoms with Crippen molar-refractivity contribution in [1.29, 1.82) is 0 Å². The number of carbonyl (C=O) groups is 1. The number of hydrogen-bond donors (Lipinski definition) is 0. The Balaban J connectivity index is 2.23. The molecule has 2 rings (SSSR count). The van der Waals surface area contributed by atoms with E-state index >= 15 is 0 Å². The first-order valence-corrected chi connectivity index (χ1v) is 6.45. The largest absolute Gasteiger partial charge is 0.288 e. The Morgan fingerprint density at radius 2 is 1.88 bits per heavy atom. The quantitative estimate of drug-likeness (QED) is 0.607. The van der Waals surface area contributed by atoms with Crippen molar-refractivity contribution in [2.45, 2.75) is 0 Å². The second kappa shape index (κ2) is 5.23.